The summed E-state index contributed by atoms with van der Waals surface area (Å²) in [5.41, 5.74) is 4.65. The van der Waals surface area contributed by atoms with E-state index in [1.54, 1.807) is 6.92 Å². The van der Waals surface area contributed by atoms with Crippen molar-refractivity contribution in [2.45, 2.75) is 46.1 Å². The molecule has 1 amide bonds. The fourth-order valence-corrected chi connectivity index (χ4v) is 1.65. The fraction of sp³-hybridized carbons (Fsp3) is 0.818. The smallest absolute Gasteiger partial charge is 0.233 e. The molecule has 0 saturated heterocycles. The van der Waals surface area contributed by atoms with Crippen molar-refractivity contribution >= 4 is 11.7 Å². The molecule has 16 heavy (non-hydrogen) atoms. The Morgan fingerprint density at radius 2 is 2.25 bits per heavy atom. The lowest BCUT2D eigenvalue weighted by Gasteiger charge is -2.27. The van der Waals surface area contributed by atoms with Gasteiger partial charge < -0.3 is 16.3 Å². The molecule has 0 spiro atoms. The summed E-state index contributed by atoms with van der Waals surface area (Å²) in [4.78, 5) is 12.1. The van der Waals surface area contributed by atoms with E-state index in [1.807, 2.05) is 13.8 Å². The van der Waals surface area contributed by atoms with E-state index in [2.05, 4.69) is 10.5 Å². The summed E-state index contributed by atoms with van der Waals surface area (Å²) < 4.78 is 0. The lowest BCUT2D eigenvalue weighted by Crippen LogP contribution is -2.50. The Bertz CT molecular complexity index is 300. The van der Waals surface area contributed by atoms with Gasteiger partial charge in [0, 0.05) is 6.04 Å². The molecule has 0 aliphatic heterocycles. The predicted molar refractivity (Wildman–Crippen MR) is 62.1 cm³/mol. The Hall–Kier alpha value is -1.26. The van der Waals surface area contributed by atoms with E-state index in [-0.39, 0.29) is 17.8 Å². The van der Waals surface area contributed by atoms with E-state index < -0.39 is 5.41 Å². The number of rotatable bonds is 5. The standard InChI is InChI=1S/C11H21N3O2/c1-4-11(3,9(12)14-16)10(15)13-7(2)8-5-6-8/h7-8,16H,4-6H2,1-3H3,(H2,12,14)(H,13,15). The van der Waals surface area contributed by atoms with E-state index in [1.165, 1.54) is 12.8 Å². The van der Waals surface area contributed by atoms with E-state index >= 15 is 0 Å². The topological polar surface area (TPSA) is 87.7 Å². The zero-order valence-corrected chi connectivity index (χ0v) is 10.2. The summed E-state index contributed by atoms with van der Waals surface area (Å²) in [6, 6.07) is 0.171. The first kappa shape index (κ1) is 12.8. The normalized spacial score (nSPS) is 22.3. The van der Waals surface area contributed by atoms with Crippen molar-refractivity contribution in [1.29, 1.82) is 0 Å². The Kier molecular flexibility index (Phi) is 3.78. The van der Waals surface area contributed by atoms with Crippen LogP contribution >= 0.6 is 0 Å². The molecule has 0 heterocycles. The number of nitrogens with one attached hydrogen (secondary N) is 1. The number of nitrogens with zero attached hydrogens (tertiary/aromatic N) is 1. The van der Waals surface area contributed by atoms with Crippen molar-refractivity contribution in [3.8, 4) is 0 Å². The minimum absolute atomic E-state index is 0.0319. The first-order valence-electron chi connectivity index (χ1n) is 5.74. The van der Waals surface area contributed by atoms with Crippen LogP contribution in [0.2, 0.25) is 0 Å². The predicted octanol–water partition coefficient (Wildman–Crippen LogP) is 1.06. The second kappa shape index (κ2) is 4.72. The summed E-state index contributed by atoms with van der Waals surface area (Å²) in [5.74, 6) is 0.401. The molecule has 1 aliphatic carbocycles. The molecule has 0 aromatic heterocycles. The second-order valence-corrected chi connectivity index (χ2v) is 4.77. The SMILES string of the molecule is CCC(C)(C(=O)NC(C)C1CC1)C(N)=NO. The van der Waals surface area contributed by atoms with Gasteiger partial charge in [-0.25, -0.2) is 0 Å². The van der Waals surface area contributed by atoms with Gasteiger partial charge in [0.05, 0.1) is 0 Å². The van der Waals surface area contributed by atoms with Crippen LogP contribution in [0.25, 0.3) is 0 Å². The quantitative estimate of drug-likeness (QED) is 0.284. The Labute approximate surface area is 96.1 Å². The van der Waals surface area contributed by atoms with Crippen molar-refractivity contribution in [1.82, 2.24) is 5.32 Å². The molecule has 5 nitrogen and oxygen atoms in total. The van der Waals surface area contributed by atoms with Gasteiger partial charge in [-0.1, -0.05) is 12.1 Å². The van der Waals surface area contributed by atoms with E-state index in [9.17, 15) is 4.79 Å². The van der Waals surface area contributed by atoms with E-state index in [0.717, 1.165) is 0 Å². The van der Waals surface area contributed by atoms with Crippen LogP contribution in [0.5, 0.6) is 0 Å². The van der Waals surface area contributed by atoms with Gasteiger partial charge in [0.15, 0.2) is 5.84 Å². The van der Waals surface area contributed by atoms with Gasteiger partial charge in [0.25, 0.3) is 0 Å². The minimum atomic E-state index is -0.919. The van der Waals surface area contributed by atoms with Crippen molar-refractivity contribution in [2.75, 3.05) is 0 Å². The van der Waals surface area contributed by atoms with Crippen molar-refractivity contribution in [3.05, 3.63) is 0 Å². The Balaban J connectivity index is 2.68. The van der Waals surface area contributed by atoms with Crippen molar-refractivity contribution < 1.29 is 10.0 Å². The Morgan fingerprint density at radius 3 is 2.62 bits per heavy atom. The highest BCUT2D eigenvalue weighted by atomic mass is 16.4. The van der Waals surface area contributed by atoms with Crippen LogP contribution in [-0.2, 0) is 4.79 Å². The summed E-state index contributed by atoms with van der Waals surface area (Å²) in [6.07, 6.45) is 2.85. The number of oxime groups is 1. The molecule has 0 bridgehead atoms. The molecule has 0 aromatic carbocycles. The van der Waals surface area contributed by atoms with Crippen LogP contribution in [0, 0.1) is 11.3 Å². The molecule has 0 aromatic rings. The third kappa shape index (κ3) is 2.46. The van der Waals surface area contributed by atoms with Gasteiger partial charge in [-0.05, 0) is 39.0 Å². The highest BCUT2D eigenvalue weighted by Crippen LogP contribution is 2.33. The van der Waals surface area contributed by atoms with E-state index in [0.29, 0.717) is 12.3 Å². The number of amidine groups is 1. The van der Waals surface area contributed by atoms with Gasteiger partial charge in [0.2, 0.25) is 5.91 Å². The van der Waals surface area contributed by atoms with Gasteiger partial charge >= 0.3 is 0 Å². The number of hydrogen-bond donors (Lipinski definition) is 3. The van der Waals surface area contributed by atoms with Crippen LogP contribution in [0.3, 0.4) is 0 Å². The molecule has 1 aliphatic rings. The number of nitrogens with two attached hydrogens (primary N) is 1. The summed E-state index contributed by atoms with van der Waals surface area (Å²) in [7, 11) is 0. The average molecular weight is 227 g/mol. The first-order chi connectivity index (χ1) is 7.45. The monoisotopic (exact) mass is 227 g/mol. The third-order valence-electron chi connectivity index (χ3n) is 3.57. The van der Waals surface area contributed by atoms with Gasteiger partial charge in [-0.15, -0.1) is 0 Å². The fourth-order valence-electron chi connectivity index (χ4n) is 1.65. The molecule has 2 atom stereocenters. The second-order valence-electron chi connectivity index (χ2n) is 4.77. The zero-order chi connectivity index (χ0) is 12.3. The molecular weight excluding hydrogens is 206 g/mol. The molecule has 5 heteroatoms. The van der Waals surface area contributed by atoms with Gasteiger partial charge in [-0.3, -0.25) is 4.79 Å². The van der Waals surface area contributed by atoms with Crippen molar-refractivity contribution in [3.63, 3.8) is 0 Å². The van der Waals surface area contributed by atoms with Crippen LogP contribution in [0.15, 0.2) is 5.16 Å². The highest BCUT2D eigenvalue weighted by molar-refractivity contribution is 6.06. The molecule has 2 unspecified atom stereocenters. The maximum atomic E-state index is 12.1. The average Bonchev–Trinajstić information content (AvgIpc) is 3.10. The van der Waals surface area contributed by atoms with Crippen LogP contribution in [0.1, 0.15) is 40.0 Å². The maximum Gasteiger partial charge on any atom is 0.233 e. The summed E-state index contributed by atoms with van der Waals surface area (Å²) in [6.45, 7) is 5.54. The Morgan fingerprint density at radius 1 is 1.69 bits per heavy atom. The van der Waals surface area contributed by atoms with Crippen LogP contribution in [-0.4, -0.2) is 23.0 Å². The molecule has 0 radical (unpaired) electrons. The lowest BCUT2D eigenvalue weighted by atomic mass is 9.85. The highest BCUT2D eigenvalue weighted by Gasteiger charge is 2.39. The molecule has 92 valence electrons. The zero-order valence-electron chi connectivity index (χ0n) is 10.2. The van der Waals surface area contributed by atoms with Gasteiger partial charge in [-0.2, -0.15) is 0 Å². The van der Waals surface area contributed by atoms with Crippen molar-refractivity contribution in [2.24, 2.45) is 22.2 Å². The van der Waals surface area contributed by atoms with Gasteiger partial charge in [0.1, 0.15) is 5.41 Å². The van der Waals surface area contributed by atoms with Crippen LogP contribution < -0.4 is 11.1 Å². The third-order valence-corrected chi connectivity index (χ3v) is 3.57. The largest absolute Gasteiger partial charge is 0.409 e. The number of hydrogen-bond acceptors (Lipinski definition) is 3. The molecule has 1 rings (SSSR count). The molecular formula is C11H21N3O2. The maximum absolute atomic E-state index is 12.1. The summed E-state index contributed by atoms with van der Waals surface area (Å²) in [5, 5.41) is 14.6. The number of carbonyl (C=O) groups is 1. The first-order valence-corrected chi connectivity index (χ1v) is 5.74. The molecule has 1 saturated carbocycles. The number of amides is 1. The van der Waals surface area contributed by atoms with E-state index in [4.69, 9.17) is 10.9 Å². The van der Waals surface area contributed by atoms with Crippen LogP contribution in [0.4, 0.5) is 0 Å². The summed E-state index contributed by atoms with van der Waals surface area (Å²) >= 11 is 0. The number of carbonyl (C=O) groups excluding carboxylic acids is 1. The molecule has 4 N–H and O–H groups in total. The minimum Gasteiger partial charge on any atom is -0.409 e. The lowest BCUT2D eigenvalue weighted by molar-refractivity contribution is -0.127. The molecule has 1 fully saturated rings.